The summed E-state index contributed by atoms with van der Waals surface area (Å²) in [5, 5.41) is 5.07. The molecule has 1 amide bonds. The van der Waals surface area contributed by atoms with Gasteiger partial charge in [-0.2, -0.15) is 0 Å². The summed E-state index contributed by atoms with van der Waals surface area (Å²) in [6.45, 7) is 3.59. The van der Waals surface area contributed by atoms with Gasteiger partial charge in [-0.15, -0.1) is 0 Å². The van der Waals surface area contributed by atoms with E-state index in [-0.39, 0.29) is 10.8 Å². The number of carbonyl (C=O) groups is 1. The second-order valence-electron chi connectivity index (χ2n) is 4.89. The summed E-state index contributed by atoms with van der Waals surface area (Å²) in [4.78, 5) is 14.0. The molecule has 0 aromatic heterocycles. The zero-order valence-electron chi connectivity index (χ0n) is 10.9. The van der Waals surface area contributed by atoms with Crippen LogP contribution in [0.3, 0.4) is 0 Å². The molecule has 1 aliphatic rings. The number of benzene rings is 1. The van der Waals surface area contributed by atoms with Gasteiger partial charge >= 0.3 is 0 Å². The van der Waals surface area contributed by atoms with E-state index >= 15 is 0 Å². The lowest BCUT2D eigenvalue weighted by molar-refractivity contribution is 0.0786. The van der Waals surface area contributed by atoms with E-state index in [1.165, 1.54) is 12.1 Å². The molecule has 1 heterocycles. The molecule has 1 aromatic rings. The maximum atomic E-state index is 12.3. The van der Waals surface area contributed by atoms with Gasteiger partial charge in [0.1, 0.15) is 0 Å². The highest BCUT2D eigenvalue weighted by molar-refractivity contribution is 7.89. The lowest BCUT2D eigenvalue weighted by atomic mass is 10.1. The summed E-state index contributed by atoms with van der Waals surface area (Å²) in [7, 11) is -3.77. The lowest BCUT2D eigenvalue weighted by Gasteiger charge is -2.16. The second kappa shape index (κ2) is 5.30. The van der Waals surface area contributed by atoms with Gasteiger partial charge in [0.25, 0.3) is 5.91 Å². The Labute approximate surface area is 113 Å². The minimum Gasteiger partial charge on any atom is -0.338 e. The van der Waals surface area contributed by atoms with E-state index in [4.69, 9.17) is 5.14 Å². The molecule has 0 saturated carbocycles. The molecule has 2 rings (SSSR count). The van der Waals surface area contributed by atoms with Crippen molar-refractivity contribution in [3.8, 4) is 0 Å². The first kappa shape index (κ1) is 14.0. The van der Waals surface area contributed by atoms with Crippen LogP contribution in [0.2, 0.25) is 0 Å². The molecular weight excluding hydrogens is 264 g/mol. The largest absolute Gasteiger partial charge is 0.338 e. The molecule has 5 nitrogen and oxygen atoms in total. The van der Waals surface area contributed by atoms with Crippen LogP contribution in [-0.4, -0.2) is 32.3 Å². The zero-order valence-corrected chi connectivity index (χ0v) is 11.7. The summed E-state index contributed by atoms with van der Waals surface area (Å²) < 4.78 is 22.6. The summed E-state index contributed by atoms with van der Waals surface area (Å²) in [6.07, 6.45) is 2.07. The van der Waals surface area contributed by atoms with Crippen LogP contribution in [0.1, 0.15) is 30.1 Å². The Balaban J connectivity index is 2.21. The minimum atomic E-state index is -3.77. The molecule has 0 aliphatic carbocycles. The average molecular weight is 282 g/mol. The van der Waals surface area contributed by atoms with Crippen LogP contribution in [0, 0.1) is 5.92 Å². The lowest BCUT2D eigenvalue weighted by Crippen LogP contribution is -2.28. The molecule has 6 heteroatoms. The fourth-order valence-corrected chi connectivity index (χ4v) is 2.90. The standard InChI is InChI=1S/C13H18N2O3S/c1-2-10-6-7-15(9-10)13(16)11-4-3-5-12(8-11)19(14,17)18/h3-5,8,10H,2,6-7,9H2,1H3,(H2,14,17,18). The summed E-state index contributed by atoms with van der Waals surface area (Å²) in [5.74, 6) is 0.423. The van der Waals surface area contributed by atoms with E-state index in [0.29, 0.717) is 11.5 Å². The van der Waals surface area contributed by atoms with E-state index in [1.54, 1.807) is 17.0 Å². The molecule has 0 bridgehead atoms. The highest BCUT2D eigenvalue weighted by atomic mass is 32.2. The quantitative estimate of drug-likeness (QED) is 0.904. The van der Waals surface area contributed by atoms with Gasteiger partial charge < -0.3 is 4.90 Å². The Hall–Kier alpha value is -1.40. The molecule has 1 aromatic carbocycles. The predicted octanol–water partition coefficient (Wildman–Crippen LogP) is 1.21. The topological polar surface area (TPSA) is 80.5 Å². The molecule has 1 unspecified atom stereocenters. The van der Waals surface area contributed by atoms with E-state index in [1.807, 2.05) is 0 Å². The molecular formula is C13H18N2O3S. The number of likely N-dealkylation sites (tertiary alicyclic amines) is 1. The normalized spacial score (nSPS) is 19.7. The van der Waals surface area contributed by atoms with Gasteiger partial charge in [0, 0.05) is 18.7 Å². The van der Waals surface area contributed by atoms with Crippen molar-refractivity contribution < 1.29 is 13.2 Å². The van der Waals surface area contributed by atoms with Gasteiger partial charge in [0.05, 0.1) is 4.90 Å². The van der Waals surface area contributed by atoms with Crippen molar-refractivity contribution in [1.29, 1.82) is 0 Å². The van der Waals surface area contributed by atoms with Crippen LogP contribution in [-0.2, 0) is 10.0 Å². The third-order valence-electron chi connectivity index (χ3n) is 3.56. The predicted molar refractivity (Wildman–Crippen MR) is 72.1 cm³/mol. The first-order valence-corrected chi connectivity index (χ1v) is 7.88. The van der Waals surface area contributed by atoms with Crippen molar-refractivity contribution in [2.75, 3.05) is 13.1 Å². The molecule has 0 spiro atoms. The highest BCUT2D eigenvalue weighted by Crippen LogP contribution is 2.21. The van der Waals surface area contributed by atoms with E-state index in [0.717, 1.165) is 25.9 Å². The number of hydrogen-bond acceptors (Lipinski definition) is 3. The van der Waals surface area contributed by atoms with Gasteiger partial charge in [-0.05, 0) is 30.5 Å². The highest BCUT2D eigenvalue weighted by Gasteiger charge is 2.26. The van der Waals surface area contributed by atoms with Crippen molar-refractivity contribution >= 4 is 15.9 Å². The van der Waals surface area contributed by atoms with Crippen LogP contribution in [0.5, 0.6) is 0 Å². The van der Waals surface area contributed by atoms with Gasteiger partial charge in [-0.1, -0.05) is 19.4 Å². The van der Waals surface area contributed by atoms with E-state index in [9.17, 15) is 13.2 Å². The maximum absolute atomic E-state index is 12.3. The van der Waals surface area contributed by atoms with Crippen molar-refractivity contribution in [3.05, 3.63) is 29.8 Å². The van der Waals surface area contributed by atoms with Gasteiger partial charge in [0.15, 0.2) is 0 Å². The molecule has 1 atom stereocenters. The van der Waals surface area contributed by atoms with Crippen LogP contribution in [0.15, 0.2) is 29.2 Å². The van der Waals surface area contributed by atoms with Crippen molar-refractivity contribution in [1.82, 2.24) is 4.90 Å². The molecule has 19 heavy (non-hydrogen) atoms. The fourth-order valence-electron chi connectivity index (χ4n) is 2.34. The Bertz CT molecular complexity index is 583. The minimum absolute atomic E-state index is 0.0235. The molecule has 0 radical (unpaired) electrons. The maximum Gasteiger partial charge on any atom is 0.253 e. The number of primary sulfonamides is 1. The van der Waals surface area contributed by atoms with Crippen molar-refractivity contribution in [2.24, 2.45) is 11.1 Å². The number of sulfonamides is 1. The summed E-state index contributed by atoms with van der Waals surface area (Å²) in [6, 6.07) is 5.90. The van der Waals surface area contributed by atoms with Gasteiger partial charge in [-0.25, -0.2) is 13.6 Å². The van der Waals surface area contributed by atoms with Gasteiger partial charge in [0.2, 0.25) is 10.0 Å². The average Bonchev–Trinajstić information content (AvgIpc) is 2.86. The number of nitrogens with zero attached hydrogens (tertiary/aromatic N) is 1. The molecule has 104 valence electrons. The molecule has 1 aliphatic heterocycles. The number of rotatable bonds is 3. The van der Waals surface area contributed by atoms with Crippen molar-refractivity contribution in [3.63, 3.8) is 0 Å². The Morgan fingerprint density at radius 2 is 2.21 bits per heavy atom. The fraction of sp³-hybridized carbons (Fsp3) is 0.462. The number of amides is 1. The van der Waals surface area contributed by atoms with E-state index in [2.05, 4.69) is 6.92 Å². The first-order chi connectivity index (χ1) is 8.91. The van der Waals surface area contributed by atoms with Gasteiger partial charge in [-0.3, -0.25) is 4.79 Å². The van der Waals surface area contributed by atoms with Crippen LogP contribution in [0.4, 0.5) is 0 Å². The second-order valence-corrected chi connectivity index (χ2v) is 6.45. The Morgan fingerprint density at radius 1 is 1.47 bits per heavy atom. The van der Waals surface area contributed by atoms with Crippen LogP contribution >= 0.6 is 0 Å². The SMILES string of the molecule is CCC1CCN(C(=O)c2cccc(S(N)(=O)=O)c2)C1. The molecule has 1 saturated heterocycles. The van der Waals surface area contributed by atoms with Crippen LogP contribution < -0.4 is 5.14 Å². The Morgan fingerprint density at radius 3 is 2.79 bits per heavy atom. The molecule has 2 N–H and O–H groups in total. The van der Waals surface area contributed by atoms with Crippen LogP contribution in [0.25, 0.3) is 0 Å². The third-order valence-corrected chi connectivity index (χ3v) is 4.47. The summed E-state index contributed by atoms with van der Waals surface area (Å²) in [5.41, 5.74) is 0.378. The van der Waals surface area contributed by atoms with Crippen molar-refractivity contribution in [2.45, 2.75) is 24.7 Å². The molecule has 1 fully saturated rings. The van der Waals surface area contributed by atoms with E-state index < -0.39 is 10.0 Å². The smallest absolute Gasteiger partial charge is 0.253 e. The number of carbonyl (C=O) groups excluding carboxylic acids is 1. The third kappa shape index (κ3) is 3.13. The summed E-state index contributed by atoms with van der Waals surface area (Å²) >= 11 is 0. The monoisotopic (exact) mass is 282 g/mol. The number of nitrogens with two attached hydrogens (primary N) is 1. The first-order valence-electron chi connectivity index (χ1n) is 6.34. The Kier molecular flexibility index (Phi) is 3.91. The zero-order chi connectivity index (χ0) is 14.0. The number of hydrogen-bond donors (Lipinski definition) is 1.